The van der Waals surface area contributed by atoms with Crippen molar-refractivity contribution in [3.8, 4) is 0 Å². The van der Waals surface area contributed by atoms with Gasteiger partial charge in [0.25, 0.3) is 0 Å². The zero-order chi connectivity index (χ0) is 17.4. The molecule has 1 rings (SSSR count). The first kappa shape index (κ1) is 18.7. The lowest BCUT2D eigenvalue weighted by Gasteiger charge is -2.25. The van der Waals surface area contributed by atoms with Crippen LogP contribution in [0.15, 0.2) is 30.3 Å². The van der Waals surface area contributed by atoms with Crippen molar-refractivity contribution >= 4 is 17.8 Å². The van der Waals surface area contributed by atoms with Gasteiger partial charge in [-0.1, -0.05) is 44.2 Å². The van der Waals surface area contributed by atoms with E-state index in [-0.39, 0.29) is 30.7 Å². The van der Waals surface area contributed by atoms with Gasteiger partial charge in [-0.25, -0.2) is 0 Å². The lowest BCUT2D eigenvalue weighted by molar-refractivity contribution is -0.139. The summed E-state index contributed by atoms with van der Waals surface area (Å²) in [5.41, 5.74) is 0.678. The number of hydrogen-bond donors (Lipinski definition) is 2. The Morgan fingerprint density at radius 2 is 1.78 bits per heavy atom. The summed E-state index contributed by atoms with van der Waals surface area (Å²) in [6.45, 7) is 3.95. The first-order chi connectivity index (χ1) is 10.8. The zero-order valence-electron chi connectivity index (χ0n) is 13.8. The molecule has 126 valence electrons. The fourth-order valence-corrected chi connectivity index (χ4v) is 2.12. The third-order valence-corrected chi connectivity index (χ3v) is 3.32. The molecule has 6 heteroatoms. The standard InChI is InChI=1S/C17H24N2O4/c1-12(2)11-14(20)18-16(13-7-5-4-6-8-13)17(23)19(3)10-9-15(21)22/h4-8,12,16H,9-11H2,1-3H3,(H,18,20)(H,21,22). The van der Waals surface area contributed by atoms with Gasteiger partial charge < -0.3 is 15.3 Å². The summed E-state index contributed by atoms with van der Waals surface area (Å²) in [6.07, 6.45) is 0.194. The maximum absolute atomic E-state index is 12.6. The fourth-order valence-electron chi connectivity index (χ4n) is 2.12. The monoisotopic (exact) mass is 320 g/mol. The van der Waals surface area contributed by atoms with Gasteiger partial charge in [0.15, 0.2) is 0 Å². The first-order valence-corrected chi connectivity index (χ1v) is 7.62. The minimum Gasteiger partial charge on any atom is -0.481 e. The Hall–Kier alpha value is -2.37. The van der Waals surface area contributed by atoms with E-state index in [9.17, 15) is 14.4 Å². The molecule has 2 amide bonds. The van der Waals surface area contributed by atoms with Crippen LogP contribution in [0.4, 0.5) is 0 Å². The molecule has 1 atom stereocenters. The lowest BCUT2D eigenvalue weighted by Crippen LogP contribution is -2.42. The van der Waals surface area contributed by atoms with Crippen molar-refractivity contribution in [1.29, 1.82) is 0 Å². The van der Waals surface area contributed by atoms with Crippen molar-refractivity contribution < 1.29 is 19.5 Å². The van der Waals surface area contributed by atoms with Gasteiger partial charge >= 0.3 is 5.97 Å². The molecule has 6 nitrogen and oxygen atoms in total. The Kier molecular flexibility index (Phi) is 7.25. The molecular weight excluding hydrogens is 296 g/mol. The number of rotatable bonds is 8. The molecule has 1 aromatic carbocycles. The van der Waals surface area contributed by atoms with Crippen LogP contribution in [0.25, 0.3) is 0 Å². The molecule has 0 fully saturated rings. The summed E-state index contributed by atoms with van der Waals surface area (Å²) in [7, 11) is 1.54. The van der Waals surface area contributed by atoms with Crippen LogP contribution in [0.5, 0.6) is 0 Å². The quantitative estimate of drug-likeness (QED) is 0.765. The van der Waals surface area contributed by atoms with Crippen molar-refractivity contribution in [2.24, 2.45) is 5.92 Å². The second-order valence-corrected chi connectivity index (χ2v) is 5.91. The van der Waals surface area contributed by atoms with Crippen LogP contribution in [0.3, 0.4) is 0 Å². The van der Waals surface area contributed by atoms with E-state index in [1.165, 1.54) is 11.9 Å². The minimum atomic E-state index is -0.968. The normalized spacial score (nSPS) is 11.8. The summed E-state index contributed by atoms with van der Waals surface area (Å²) >= 11 is 0. The Bertz CT molecular complexity index is 543. The Morgan fingerprint density at radius 3 is 2.30 bits per heavy atom. The van der Waals surface area contributed by atoms with Gasteiger partial charge in [0.05, 0.1) is 6.42 Å². The third kappa shape index (κ3) is 6.50. The second-order valence-electron chi connectivity index (χ2n) is 5.91. The van der Waals surface area contributed by atoms with Crippen LogP contribution >= 0.6 is 0 Å². The average Bonchev–Trinajstić information content (AvgIpc) is 2.49. The van der Waals surface area contributed by atoms with E-state index in [1.807, 2.05) is 19.9 Å². The van der Waals surface area contributed by atoms with Crippen LogP contribution in [-0.4, -0.2) is 41.4 Å². The molecule has 0 aliphatic rings. The lowest BCUT2D eigenvalue weighted by atomic mass is 10.0. The number of hydrogen-bond acceptors (Lipinski definition) is 3. The molecule has 0 aliphatic carbocycles. The molecule has 0 spiro atoms. The molecular formula is C17H24N2O4. The van der Waals surface area contributed by atoms with Crippen molar-refractivity contribution in [3.05, 3.63) is 35.9 Å². The second kappa shape index (κ2) is 8.92. The molecule has 0 aliphatic heterocycles. The van der Waals surface area contributed by atoms with Gasteiger partial charge in [-0.05, 0) is 11.5 Å². The highest BCUT2D eigenvalue weighted by atomic mass is 16.4. The van der Waals surface area contributed by atoms with Crippen LogP contribution in [0.2, 0.25) is 0 Å². The number of carbonyl (C=O) groups is 3. The smallest absolute Gasteiger partial charge is 0.305 e. The highest BCUT2D eigenvalue weighted by Crippen LogP contribution is 2.16. The van der Waals surface area contributed by atoms with Crippen LogP contribution in [0.1, 0.15) is 38.3 Å². The van der Waals surface area contributed by atoms with E-state index in [0.29, 0.717) is 12.0 Å². The number of amides is 2. The maximum Gasteiger partial charge on any atom is 0.305 e. The van der Waals surface area contributed by atoms with Gasteiger partial charge in [0.2, 0.25) is 11.8 Å². The molecule has 0 aromatic heterocycles. The zero-order valence-corrected chi connectivity index (χ0v) is 13.8. The first-order valence-electron chi connectivity index (χ1n) is 7.62. The predicted molar refractivity (Wildman–Crippen MR) is 86.7 cm³/mol. The topological polar surface area (TPSA) is 86.7 Å². The molecule has 2 N–H and O–H groups in total. The third-order valence-electron chi connectivity index (χ3n) is 3.32. The Balaban J connectivity index is 2.88. The van der Waals surface area contributed by atoms with Gasteiger partial charge in [-0.15, -0.1) is 0 Å². The van der Waals surface area contributed by atoms with E-state index in [1.54, 1.807) is 24.3 Å². The molecule has 0 bridgehead atoms. The number of nitrogens with one attached hydrogen (secondary N) is 1. The van der Waals surface area contributed by atoms with Gasteiger partial charge in [0, 0.05) is 20.0 Å². The molecule has 1 unspecified atom stereocenters. The van der Waals surface area contributed by atoms with E-state index < -0.39 is 12.0 Å². The van der Waals surface area contributed by atoms with Crippen LogP contribution < -0.4 is 5.32 Å². The van der Waals surface area contributed by atoms with Gasteiger partial charge in [-0.3, -0.25) is 14.4 Å². The Morgan fingerprint density at radius 1 is 1.17 bits per heavy atom. The Labute approximate surface area is 136 Å². The van der Waals surface area contributed by atoms with E-state index in [2.05, 4.69) is 5.32 Å². The molecule has 23 heavy (non-hydrogen) atoms. The molecule has 0 saturated heterocycles. The average molecular weight is 320 g/mol. The number of likely N-dealkylation sites (N-methyl/N-ethyl adjacent to an activating group) is 1. The van der Waals surface area contributed by atoms with E-state index in [0.717, 1.165) is 0 Å². The maximum atomic E-state index is 12.6. The predicted octanol–water partition coefficient (Wildman–Crippen LogP) is 1.82. The summed E-state index contributed by atoms with van der Waals surface area (Å²) < 4.78 is 0. The van der Waals surface area contributed by atoms with Crippen LogP contribution in [-0.2, 0) is 14.4 Å². The number of carboxylic acids is 1. The van der Waals surface area contributed by atoms with Crippen LogP contribution in [0, 0.1) is 5.92 Å². The highest BCUT2D eigenvalue weighted by Gasteiger charge is 2.26. The molecule has 1 aromatic rings. The summed E-state index contributed by atoms with van der Waals surface area (Å²) in [4.78, 5) is 36.6. The number of carboxylic acid groups (broad SMARTS) is 1. The fraction of sp³-hybridized carbons (Fsp3) is 0.471. The van der Waals surface area contributed by atoms with Crippen molar-refractivity contribution in [3.63, 3.8) is 0 Å². The molecule has 0 saturated carbocycles. The van der Waals surface area contributed by atoms with Crippen molar-refractivity contribution in [1.82, 2.24) is 10.2 Å². The minimum absolute atomic E-state index is 0.0948. The van der Waals surface area contributed by atoms with Crippen molar-refractivity contribution in [2.75, 3.05) is 13.6 Å². The van der Waals surface area contributed by atoms with E-state index >= 15 is 0 Å². The van der Waals surface area contributed by atoms with E-state index in [4.69, 9.17) is 5.11 Å². The molecule has 0 radical (unpaired) electrons. The summed E-state index contributed by atoms with van der Waals surface area (Å²) in [5.74, 6) is -1.31. The van der Waals surface area contributed by atoms with Gasteiger partial charge in [-0.2, -0.15) is 0 Å². The highest BCUT2D eigenvalue weighted by molar-refractivity contribution is 5.88. The largest absolute Gasteiger partial charge is 0.481 e. The number of aliphatic carboxylic acids is 1. The number of benzene rings is 1. The SMILES string of the molecule is CC(C)CC(=O)NC(C(=O)N(C)CCC(=O)O)c1ccccc1. The number of carbonyl (C=O) groups excluding carboxylic acids is 2. The molecule has 0 heterocycles. The summed E-state index contributed by atoms with van der Waals surface area (Å²) in [5, 5.41) is 11.5. The van der Waals surface area contributed by atoms with Gasteiger partial charge in [0.1, 0.15) is 6.04 Å². The summed E-state index contributed by atoms with van der Waals surface area (Å²) in [6, 6.07) is 8.14. The number of nitrogens with zero attached hydrogens (tertiary/aromatic N) is 1. The van der Waals surface area contributed by atoms with Crippen molar-refractivity contribution in [2.45, 2.75) is 32.7 Å².